The SMILES string of the molecule is CC1(C)CC1C(=O)NC1CCCCCC1Cl. The van der Waals surface area contributed by atoms with E-state index in [9.17, 15) is 4.79 Å². The maximum absolute atomic E-state index is 12.0. The topological polar surface area (TPSA) is 29.1 Å². The monoisotopic (exact) mass is 243 g/mol. The highest BCUT2D eigenvalue weighted by molar-refractivity contribution is 6.21. The predicted octanol–water partition coefficient (Wildman–Crippen LogP) is 3.09. The van der Waals surface area contributed by atoms with Gasteiger partial charge in [0.15, 0.2) is 0 Å². The maximum Gasteiger partial charge on any atom is 0.223 e. The summed E-state index contributed by atoms with van der Waals surface area (Å²) in [5.41, 5.74) is 0.219. The molecule has 0 bridgehead atoms. The summed E-state index contributed by atoms with van der Waals surface area (Å²) >= 11 is 6.31. The molecule has 1 N–H and O–H groups in total. The third kappa shape index (κ3) is 2.71. The second-order valence-corrected chi connectivity index (χ2v) is 6.57. The minimum Gasteiger partial charge on any atom is -0.352 e. The largest absolute Gasteiger partial charge is 0.352 e. The molecule has 2 rings (SSSR count). The third-order valence-corrected chi connectivity index (χ3v) is 4.61. The summed E-state index contributed by atoms with van der Waals surface area (Å²) in [6.07, 6.45) is 6.77. The molecule has 16 heavy (non-hydrogen) atoms. The zero-order chi connectivity index (χ0) is 11.8. The van der Waals surface area contributed by atoms with Gasteiger partial charge in [-0.15, -0.1) is 11.6 Å². The van der Waals surface area contributed by atoms with Gasteiger partial charge in [-0.25, -0.2) is 0 Å². The summed E-state index contributed by atoms with van der Waals surface area (Å²) in [6, 6.07) is 0.202. The van der Waals surface area contributed by atoms with E-state index in [-0.39, 0.29) is 28.7 Å². The molecule has 3 unspecified atom stereocenters. The van der Waals surface area contributed by atoms with Crippen molar-refractivity contribution in [1.29, 1.82) is 0 Å². The first-order valence-corrected chi connectivity index (χ1v) is 6.89. The van der Waals surface area contributed by atoms with E-state index in [1.807, 2.05) is 0 Å². The molecule has 92 valence electrons. The summed E-state index contributed by atoms with van der Waals surface area (Å²) in [5.74, 6) is 0.446. The summed E-state index contributed by atoms with van der Waals surface area (Å²) in [7, 11) is 0. The summed E-state index contributed by atoms with van der Waals surface area (Å²) < 4.78 is 0. The number of carbonyl (C=O) groups is 1. The van der Waals surface area contributed by atoms with Gasteiger partial charge in [0.2, 0.25) is 5.91 Å². The molecule has 2 aliphatic carbocycles. The highest BCUT2D eigenvalue weighted by atomic mass is 35.5. The average molecular weight is 244 g/mol. The summed E-state index contributed by atoms with van der Waals surface area (Å²) in [4.78, 5) is 12.0. The van der Waals surface area contributed by atoms with Crippen LogP contribution >= 0.6 is 11.6 Å². The second kappa shape index (κ2) is 4.56. The van der Waals surface area contributed by atoms with Crippen molar-refractivity contribution in [3.05, 3.63) is 0 Å². The lowest BCUT2D eigenvalue weighted by Gasteiger charge is -2.21. The Bertz CT molecular complexity index is 277. The van der Waals surface area contributed by atoms with Crippen LogP contribution in [0.2, 0.25) is 0 Å². The zero-order valence-corrected chi connectivity index (χ0v) is 11.0. The van der Waals surface area contributed by atoms with Crippen molar-refractivity contribution >= 4 is 17.5 Å². The van der Waals surface area contributed by atoms with Crippen molar-refractivity contribution in [3.63, 3.8) is 0 Å². The molecule has 0 aliphatic heterocycles. The number of hydrogen-bond donors (Lipinski definition) is 1. The van der Waals surface area contributed by atoms with Crippen molar-refractivity contribution in [2.45, 2.75) is 63.8 Å². The molecule has 0 aromatic rings. The summed E-state index contributed by atoms with van der Waals surface area (Å²) in [6.45, 7) is 4.31. The van der Waals surface area contributed by atoms with Crippen molar-refractivity contribution < 1.29 is 4.79 Å². The van der Waals surface area contributed by atoms with Gasteiger partial charge in [0.25, 0.3) is 0 Å². The van der Waals surface area contributed by atoms with Gasteiger partial charge in [-0.05, 0) is 24.7 Å². The number of nitrogens with one attached hydrogen (secondary N) is 1. The lowest BCUT2D eigenvalue weighted by molar-refractivity contribution is -0.123. The van der Waals surface area contributed by atoms with E-state index in [1.54, 1.807) is 0 Å². The number of halogens is 1. The van der Waals surface area contributed by atoms with Crippen LogP contribution in [0.1, 0.15) is 52.4 Å². The van der Waals surface area contributed by atoms with Gasteiger partial charge in [-0.2, -0.15) is 0 Å². The van der Waals surface area contributed by atoms with Crippen LogP contribution in [0.25, 0.3) is 0 Å². The van der Waals surface area contributed by atoms with Gasteiger partial charge < -0.3 is 5.32 Å². The van der Waals surface area contributed by atoms with Gasteiger partial charge in [0.05, 0.1) is 5.38 Å². The van der Waals surface area contributed by atoms with Crippen LogP contribution in [0.4, 0.5) is 0 Å². The first kappa shape index (κ1) is 12.2. The van der Waals surface area contributed by atoms with E-state index in [0.29, 0.717) is 0 Å². The van der Waals surface area contributed by atoms with Gasteiger partial charge in [-0.1, -0.05) is 33.1 Å². The fraction of sp³-hybridized carbons (Fsp3) is 0.923. The fourth-order valence-corrected chi connectivity index (χ4v) is 2.97. The van der Waals surface area contributed by atoms with Crippen molar-refractivity contribution in [2.24, 2.45) is 11.3 Å². The number of carbonyl (C=O) groups excluding carboxylic acids is 1. The van der Waals surface area contributed by atoms with E-state index >= 15 is 0 Å². The van der Waals surface area contributed by atoms with E-state index in [2.05, 4.69) is 19.2 Å². The van der Waals surface area contributed by atoms with E-state index in [4.69, 9.17) is 11.6 Å². The molecule has 0 spiro atoms. The Morgan fingerprint density at radius 3 is 2.50 bits per heavy atom. The quantitative estimate of drug-likeness (QED) is 0.586. The van der Waals surface area contributed by atoms with Crippen molar-refractivity contribution in [1.82, 2.24) is 5.32 Å². The molecule has 2 fully saturated rings. The Balaban J connectivity index is 1.86. The summed E-state index contributed by atoms with van der Waals surface area (Å²) in [5, 5.41) is 3.29. The molecule has 0 aromatic carbocycles. The smallest absolute Gasteiger partial charge is 0.223 e. The van der Waals surface area contributed by atoms with Gasteiger partial charge in [-0.3, -0.25) is 4.79 Å². The van der Waals surface area contributed by atoms with Crippen LogP contribution in [0.5, 0.6) is 0 Å². The van der Waals surface area contributed by atoms with Crippen LogP contribution in [-0.4, -0.2) is 17.3 Å². The molecule has 0 saturated heterocycles. The molecule has 2 nitrogen and oxygen atoms in total. The molecular weight excluding hydrogens is 222 g/mol. The molecule has 0 heterocycles. The van der Waals surface area contributed by atoms with E-state index in [1.165, 1.54) is 19.3 Å². The number of amides is 1. The lowest BCUT2D eigenvalue weighted by atomic mass is 10.1. The second-order valence-electron chi connectivity index (χ2n) is 6.01. The molecule has 1 amide bonds. The molecule has 0 radical (unpaired) electrons. The van der Waals surface area contributed by atoms with Crippen LogP contribution in [0, 0.1) is 11.3 Å². The minimum atomic E-state index is 0.133. The fourth-order valence-electron chi connectivity index (χ4n) is 2.62. The van der Waals surface area contributed by atoms with Crippen molar-refractivity contribution in [2.75, 3.05) is 0 Å². The van der Waals surface area contributed by atoms with Crippen molar-refractivity contribution in [3.8, 4) is 0 Å². The lowest BCUT2D eigenvalue weighted by Crippen LogP contribution is -2.41. The zero-order valence-electron chi connectivity index (χ0n) is 10.3. The van der Waals surface area contributed by atoms with E-state index < -0.39 is 0 Å². The number of alkyl halides is 1. The molecular formula is C13H22ClNO. The van der Waals surface area contributed by atoms with Gasteiger partial charge in [0, 0.05) is 12.0 Å². The van der Waals surface area contributed by atoms with Gasteiger partial charge >= 0.3 is 0 Å². The Hall–Kier alpha value is -0.240. The van der Waals surface area contributed by atoms with Crippen LogP contribution < -0.4 is 5.32 Å². The number of rotatable bonds is 2. The molecule has 2 aliphatic rings. The normalized spacial score (nSPS) is 37.6. The maximum atomic E-state index is 12.0. The van der Waals surface area contributed by atoms with Gasteiger partial charge in [0.1, 0.15) is 0 Å². The van der Waals surface area contributed by atoms with Crippen LogP contribution in [-0.2, 0) is 4.79 Å². The predicted molar refractivity (Wildman–Crippen MR) is 66.5 cm³/mol. The Morgan fingerprint density at radius 1 is 1.25 bits per heavy atom. The standard InChI is InChI=1S/C13H22ClNO/c1-13(2)8-9(13)12(16)15-11-7-5-3-4-6-10(11)14/h9-11H,3-8H2,1-2H3,(H,15,16). The molecule has 2 saturated carbocycles. The molecule has 3 heteroatoms. The average Bonchev–Trinajstić information content (AvgIpc) is 2.88. The highest BCUT2D eigenvalue weighted by Crippen LogP contribution is 2.51. The van der Waals surface area contributed by atoms with Crippen LogP contribution in [0.3, 0.4) is 0 Å². The molecule has 3 atom stereocenters. The molecule has 0 aromatic heterocycles. The Morgan fingerprint density at radius 2 is 1.88 bits per heavy atom. The highest BCUT2D eigenvalue weighted by Gasteiger charge is 2.50. The minimum absolute atomic E-state index is 0.133. The van der Waals surface area contributed by atoms with Crippen LogP contribution in [0.15, 0.2) is 0 Å². The Kier molecular flexibility index (Phi) is 3.48. The first-order valence-electron chi connectivity index (χ1n) is 6.45. The van der Waals surface area contributed by atoms with E-state index in [0.717, 1.165) is 19.3 Å². The third-order valence-electron chi connectivity index (χ3n) is 4.09. The Labute approximate surface area is 103 Å². The number of hydrogen-bond acceptors (Lipinski definition) is 1. The first-order chi connectivity index (χ1) is 7.50.